The predicted octanol–water partition coefficient (Wildman–Crippen LogP) is 2.36. The lowest BCUT2D eigenvalue weighted by Gasteiger charge is -2.00. The van der Waals surface area contributed by atoms with E-state index >= 15 is 0 Å². The average molecular weight is 305 g/mol. The van der Waals surface area contributed by atoms with E-state index in [1.807, 2.05) is 0 Å². The van der Waals surface area contributed by atoms with Gasteiger partial charge in [0, 0.05) is 23.3 Å². The molecule has 21 heavy (non-hydrogen) atoms. The quantitative estimate of drug-likeness (QED) is 0.810. The number of ketones is 1. The van der Waals surface area contributed by atoms with Gasteiger partial charge in [-0.2, -0.15) is 0 Å². The van der Waals surface area contributed by atoms with Gasteiger partial charge in [0.25, 0.3) is 0 Å². The van der Waals surface area contributed by atoms with Gasteiger partial charge in [0.1, 0.15) is 5.76 Å². The van der Waals surface area contributed by atoms with Crippen molar-refractivity contribution in [3.63, 3.8) is 0 Å². The second-order valence-electron chi connectivity index (χ2n) is 5.76. The van der Waals surface area contributed by atoms with Crippen LogP contribution in [0, 0.1) is 0 Å². The highest BCUT2D eigenvalue weighted by Gasteiger charge is 2.43. The fourth-order valence-electron chi connectivity index (χ4n) is 2.10. The molecule has 5 nitrogen and oxygen atoms in total. The van der Waals surface area contributed by atoms with Crippen LogP contribution in [0.3, 0.4) is 0 Å². The Kier molecular flexibility index (Phi) is 3.02. The highest BCUT2D eigenvalue weighted by molar-refractivity contribution is 7.90. The van der Waals surface area contributed by atoms with Crippen LogP contribution in [0.2, 0.25) is 0 Å². The topological polar surface area (TPSA) is 77.2 Å². The van der Waals surface area contributed by atoms with Crippen molar-refractivity contribution in [1.82, 2.24) is 5.16 Å². The van der Waals surface area contributed by atoms with Crippen LogP contribution in [-0.4, -0.2) is 25.6 Å². The summed E-state index contributed by atoms with van der Waals surface area (Å²) >= 11 is 0. The number of hydrogen-bond donors (Lipinski definition) is 0. The maximum Gasteiger partial charge on any atom is 0.214 e. The van der Waals surface area contributed by atoms with Gasteiger partial charge in [-0.3, -0.25) is 4.79 Å². The van der Waals surface area contributed by atoms with Gasteiger partial charge in [0.15, 0.2) is 15.5 Å². The molecule has 1 heterocycles. The molecule has 0 spiro atoms. The molecule has 1 fully saturated rings. The number of rotatable bonds is 4. The number of carbonyl (C=O) groups excluding carboxylic acids is 1. The second kappa shape index (κ2) is 4.53. The highest BCUT2D eigenvalue weighted by Crippen LogP contribution is 2.47. The molecule has 2 aromatic rings. The van der Waals surface area contributed by atoms with E-state index in [0.29, 0.717) is 5.56 Å². The lowest BCUT2D eigenvalue weighted by atomic mass is 10.0. The smallest absolute Gasteiger partial charge is 0.214 e. The molecule has 0 bridgehead atoms. The summed E-state index contributed by atoms with van der Waals surface area (Å²) in [6, 6.07) is 7.51. The zero-order chi connectivity index (χ0) is 15.3. The van der Waals surface area contributed by atoms with Crippen molar-refractivity contribution >= 4 is 15.6 Å². The van der Waals surface area contributed by atoms with Gasteiger partial charge in [-0.25, -0.2) is 8.42 Å². The zero-order valence-electron chi connectivity index (χ0n) is 11.8. The summed E-state index contributed by atoms with van der Waals surface area (Å²) in [6.45, 7) is 2.07. The Balaban J connectivity index is 1.86. The van der Waals surface area contributed by atoms with E-state index in [9.17, 15) is 13.2 Å². The van der Waals surface area contributed by atoms with Crippen LogP contribution in [0.5, 0.6) is 0 Å². The number of nitrogens with zero attached hydrogens (tertiary/aromatic N) is 1. The number of benzene rings is 1. The summed E-state index contributed by atoms with van der Waals surface area (Å²) in [5, 5.41) is 3.83. The molecule has 0 aliphatic heterocycles. The fourth-order valence-corrected chi connectivity index (χ4v) is 2.73. The fraction of sp³-hybridized carbons (Fsp3) is 0.333. The van der Waals surface area contributed by atoms with Crippen LogP contribution < -0.4 is 0 Å². The molecule has 1 saturated carbocycles. The van der Waals surface area contributed by atoms with Crippen molar-refractivity contribution in [3.05, 3.63) is 47.3 Å². The Morgan fingerprint density at radius 3 is 2.38 bits per heavy atom. The normalized spacial score (nSPS) is 16.7. The van der Waals surface area contributed by atoms with Crippen LogP contribution >= 0.6 is 0 Å². The molecular weight excluding hydrogens is 290 g/mol. The van der Waals surface area contributed by atoms with E-state index in [0.717, 1.165) is 24.9 Å². The van der Waals surface area contributed by atoms with Crippen LogP contribution in [-0.2, 0) is 15.3 Å². The third kappa shape index (κ3) is 2.63. The van der Waals surface area contributed by atoms with E-state index in [4.69, 9.17) is 4.52 Å². The Hall–Kier alpha value is -1.95. The summed E-state index contributed by atoms with van der Waals surface area (Å²) in [5.74, 6) is 0.466. The summed E-state index contributed by atoms with van der Waals surface area (Å²) in [4.78, 5) is 12.5. The van der Waals surface area contributed by atoms with Gasteiger partial charge in [-0.05, 0) is 37.1 Å². The zero-order valence-corrected chi connectivity index (χ0v) is 12.6. The maximum absolute atomic E-state index is 12.3. The number of sulfone groups is 1. The van der Waals surface area contributed by atoms with Crippen molar-refractivity contribution in [2.45, 2.75) is 30.1 Å². The largest absolute Gasteiger partial charge is 0.360 e. The molecule has 1 aromatic carbocycles. The summed E-state index contributed by atoms with van der Waals surface area (Å²) in [7, 11) is -3.26. The SMILES string of the molecule is CC1(c2cc(C(=O)c3ccc(S(C)(=O)=O)cc3)no2)CC1. The molecule has 0 unspecified atom stereocenters. The first-order valence-corrected chi connectivity index (χ1v) is 8.51. The molecule has 1 aromatic heterocycles. The van der Waals surface area contributed by atoms with Crippen molar-refractivity contribution in [2.75, 3.05) is 6.26 Å². The first-order valence-electron chi connectivity index (χ1n) is 6.62. The average Bonchev–Trinajstić information content (AvgIpc) is 3.01. The van der Waals surface area contributed by atoms with Crippen molar-refractivity contribution in [1.29, 1.82) is 0 Å². The van der Waals surface area contributed by atoms with Gasteiger partial charge in [-0.15, -0.1) is 0 Å². The molecule has 110 valence electrons. The first kappa shape index (κ1) is 14.0. The minimum Gasteiger partial charge on any atom is -0.360 e. The van der Waals surface area contributed by atoms with Crippen LogP contribution in [0.1, 0.15) is 41.6 Å². The Bertz CT molecular complexity index is 798. The van der Waals surface area contributed by atoms with Gasteiger partial charge >= 0.3 is 0 Å². The molecule has 0 amide bonds. The predicted molar refractivity (Wildman–Crippen MR) is 76.1 cm³/mol. The van der Waals surface area contributed by atoms with Gasteiger partial charge in [0.05, 0.1) is 4.90 Å². The maximum atomic E-state index is 12.3. The summed E-state index contributed by atoms with van der Waals surface area (Å²) < 4.78 is 28.0. The lowest BCUT2D eigenvalue weighted by molar-refractivity contribution is 0.103. The number of hydrogen-bond acceptors (Lipinski definition) is 5. The molecule has 3 rings (SSSR count). The highest BCUT2D eigenvalue weighted by atomic mass is 32.2. The van der Waals surface area contributed by atoms with Crippen molar-refractivity contribution in [3.8, 4) is 0 Å². The van der Waals surface area contributed by atoms with Crippen LogP contribution in [0.4, 0.5) is 0 Å². The van der Waals surface area contributed by atoms with E-state index < -0.39 is 9.84 Å². The monoisotopic (exact) mass is 305 g/mol. The van der Waals surface area contributed by atoms with E-state index in [2.05, 4.69) is 12.1 Å². The number of aromatic nitrogens is 1. The molecule has 6 heteroatoms. The molecule has 1 aliphatic carbocycles. The van der Waals surface area contributed by atoms with E-state index in [-0.39, 0.29) is 21.8 Å². The van der Waals surface area contributed by atoms with Gasteiger partial charge < -0.3 is 4.52 Å². The van der Waals surface area contributed by atoms with Crippen molar-refractivity contribution < 1.29 is 17.7 Å². The molecular formula is C15H15NO4S. The number of carbonyl (C=O) groups is 1. The minimum atomic E-state index is -3.26. The third-order valence-electron chi connectivity index (χ3n) is 3.88. The second-order valence-corrected chi connectivity index (χ2v) is 7.78. The van der Waals surface area contributed by atoms with E-state index in [1.165, 1.54) is 24.3 Å². The Morgan fingerprint density at radius 1 is 1.24 bits per heavy atom. The van der Waals surface area contributed by atoms with Gasteiger partial charge in [0.2, 0.25) is 5.78 Å². The lowest BCUT2D eigenvalue weighted by Crippen LogP contribution is -2.03. The molecule has 1 aliphatic rings. The van der Waals surface area contributed by atoms with Crippen molar-refractivity contribution in [2.24, 2.45) is 0 Å². The summed E-state index contributed by atoms with van der Waals surface area (Å²) in [5.41, 5.74) is 0.666. The molecule has 0 atom stereocenters. The van der Waals surface area contributed by atoms with Crippen LogP contribution in [0.15, 0.2) is 39.8 Å². The minimum absolute atomic E-state index is 0.0195. The Morgan fingerprint density at radius 2 is 1.86 bits per heavy atom. The standard InChI is InChI=1S/C15H15NO4S/c1-15(7-8-15)13-9-12(16-20-13)14(17)10-3-5-11(6-4-10)21(2,18)19/h3-6,9H,7-8H2,1-2H3. The van der Waals surface area contributed by atoms with Crippen LogP contribution in [0.25, 0.3) is 0 Å². The first-order chi connectivity index (χ1) is 9.79. The Labute approximate surface area is 122 Å². The molecule has 0 radical (unpaired) electrons. The molecule has 0 N–H and O–H groups in total. The third-order valence-corrected chi connectivity index (χ3v) is 5.01. The van der Waals surface area contributed by atoms with E-state index in [1.54, 1.807) is 6.07 Å². The summed E-state index contributed by atoms with van der Waals surface area (Å²) in [6.07, 6.45) is 3.21. The molecule has 0 saturated heterocycles. The van der Waals surface area contributed by atoms with Gasteiger partial charge in [-0.1, -0.05) is 12.1 Å².